The second kappa shape index (κ2) is 10.4. The van der Waals surface area contributed by atoms with E-state index in [0.717, 1.165) is 0 Å². The van der Waals surface area contributed by atoms with Crippen LogP contribution in [-0.4, -0.2) is 117 Å². The van der Waals surface area contributed by atoms with Gasteiger partial charge in [0.05, 0.1) is 20.3 Å². The zero-order chi connectivity index (χ0) is 22.7. The predicted octanol–water partition coefficient (Wildman–Crippen LogP) is -3.27. The van der Waals surface area contributed by atoms with Crippen molar-refractivity contribution < 1.29 is 54.7 Å². The maximum absolute atomic E-state index is 10.6. The fourth-order valence-electron chi connectivity index (χ4n) is 3.56. The molecular formula is C19H29NO11. The smallest absolute Gasteiger partial charge is 0.187 e. The van der Waals surface area contributed by atoms with Crippen molar-refractivity contribution in [1.29, 1.82) is 0 Å². The van der Waals surface area contributed by atoms with Crippen molar-refractivity contribution in [2.24, 2.45) is 0 Å². The van der Waals surface area contributed by atoms with E-state index in [1.165, 1.54) is 7.11 Å². The van der Waals surface area contributed by atoms with E-state index in [1.54, 1.807) is 24.3 Å². The third kappa shape index (κ3) is 5.09. The van der Waals surface area contributed by atoms with Crippen LogP contribution in [0.15, 0.2) is 24.3 Å². The topological polar surface area (TPSA) is 191 Å². The fraction of sp³-hybridized carbons (Fsp3) is 0.684. The third-order valence-electron chi connectivity index (χ3n) is 5.40. The molecule has 2 heterocycles. The number of hydrogen-bond donors (Lipinski definition) is 8. The van der Waals surface area contributed by atoms with Crippen LogP contribution in [-0.2, 0) is 14.2 Å². The number of rotatable bonds is 7. The van der Waals surface area contributed by atoms with E-state index in [2.05, 4.69) is 5.32 Å². The lowest BCUT2D eigenvalue weighted by atomic mass is 9.96. The van der Waals surface area contributed by atoms with Gasteiger partial charge in [-0.15, -0.1) is 0 Å². The average Bonchev–Trinajstić information content (AvgIpc) is 2.79. The van der Waals surface area contributed by atoms with Crippen molar-refractivity contribution in [3.8, 4) is 5.75 Å². The molecule has 31 heavy (non-hydrogen) atoms. The summed E-state index contributed by atoms with van der Waals surface area (Å²) in [5, 5.41) is 72.9. The van der Waals surface area contributed by atoms with Crippen LogP contribution >= 0.6 is 0 Å². The van der Waals surface area contributed by atoms with Crippen LogP contribution in [0.1, 0.15) is 0 Å². The van der Waals surface area contributed by atoms with Gasteiger partial charge in [-0.05, 0) is 24.3 Å². The Balaban J connectivity index is 1.70. The van der Waals surface area contributed by atoms with Crippen molar-refractivity contribution in [2.75, 3.05) is 25.6 Å². The first kappa shape index (κ1) is 24.1. The number of nitrogens with one attached hydrogen (secondary N) is 1. The number of hydrogen-bond acceptors (Lipinski definition) is 12. The molecule has 2 aliphatic heterocycles. The molecule has 0 saturated carbocycles. The Hall–Kier alpha value is -1.58. The van der Waals surface area contributed by atoms with Gasteiger partial charge in [0.15, 0.2) is 12.5 Å². The molecule has 2 saturated heterocycles. The standard InChI is InChI=1S/C19H29NO11/c1-28-9-4-2-8(3-5-9)20-18-15(26)14(25)17(11(7-22)29-18)31-19-16(27)13(24)12(23)10(6-21)30-19/h2-5,10-27H,6-7H2,1H3. The molecule has 2 aliphatic rings. The number of aliphatic hydroxyl groups excluding tert-OH is 7. The van der Waals surface area contributed by atoms with Gasteiger partial charge in [-0.1, -0.05) is 0 Å². The van der Waals surface area contributed by atoms with E-state index in [1.807, 2.05) is 0 Å². The zero-order valence-corrected chi connectivity index (χ0v) is 16.8. The number of methoxy groups -OCH3 is 1. The van der Waals surface area contributed by atoms with Crippen molar-refractivity contribution >= 4 is 5.69 Å². The lowest BCUT2D eigenvalue weighted by molar-refractivity contribution is -0.340. The summed E-state index contributed by atoms with van der Waals surface area (Å²) in [6, 6.07) is 6.71. The van der Waals surface area contributed by atoms with Gasteiger partial charge in [0.1, 0.15) is 54.6 Å². The third-order valence-corrected chi connectivity index (χ3v) is 5.40. The summed E-state index contributed by atoms with van der Waals surface area (Å²) in [4.78, 5) is 0. The molecule has 3 rings (SSSR count). The van der Waals surface area contributed by atoms with Crippen LogP contribution in [0.2, 0.25) is 0 Å². The van der Waals surface area contributed by atoms with Crippen LogP contribution in [0.3, 0.4) is 0 Å². The first-order valence-corrected chi connectivity index (χ1v) is 9.79. The van der Waals surface area contributed by atoms with Crippen LogP contribution in [0.25, 0.3) is 0 Å². The zero-order valence-electron chi connectivity index (χ0n) is 16.8. The highest BCUT2D eigenvalue weighted by Gasteiger charge is 2.50. The highest BCUT2D eigenvalue weighted by atomic mass is 16.7. The molecule has 10 unspecified atom stereocenters. The molecule has 1 aromatic rings. The summed E-state index contributed by atoms with van der Waals surface area (Å²) in [5.41, 5.74) is 0.557. The highest BCUT2D eigenvalue weighted by molar-refractivity contribution is 5.47. The minimum atomic E-state index is -1.71. The van der Waals surface area contributed by atoms with Crippen LogP contribution < -0.4 is 10.1 Å². The van der Waals surface area contributed by atoms with E-state index in [4.69, 9.17) is 18.9 Å². The van der Waals surface area contributed by atoms with E-state index < -0.39 is 74.6 Å². The van der Waals surface area contributed by atoms with Crippen molar-refractivity contribution in [1.82, 2.24) is 0 Å². The molecular weight excluding hydrogens is 418 g/mol. The normalized spacial score (nSPS) is 41.0. The Bertz CT molecular complexity index is 688. The molecule has 0 bridgehead atoms. The van der Waals surface area contributed by atoms with Gasteiger partial charge in [-0.3, -0.25) is 0 Å². The highest BCUT2D eigenvalue weighted by Crippen LogP contribution is 2.30. The van der Waals surface area contributed by atoms with Crippen molar-refractivity contribution in [3.63, 3.8) is 0 Å². The molecule has 12 heteroatoms. The summed E-state index contributed by atoms with van der Waals surface area (Å²) in [6.07, 6.45) is -14.4. The van der Waals surface area contributed by atoms with Gasteiger partial charge in [0.25, 0.3) is 0 Å². The molecule has 10 atom stereocenters. The fourth-order valence-corrected chi connectivity index (χ4v) is 3.56. The molecule has 0 aliphatic carbocycles. The summed E-state index contributed by atoms with van der Waals surface area (Å²) in [6.45, 7) is -1.26. The minimum absolute atomic E-state index is 0.557. The monoisotopic (exact) mass is 447 g/mol. The van der Waals surface area contributed by atoms with Crippen LogP contribution in [0.4, 0.5) is 5.69 Å². The number of ether oxygens (including phenoxy) is 4. The van der Waals surface area contributed by atoms with Gasteiger partial charge in [-0.25, -0.2) is 0 Å². The SMILES string of the molecule is COc1ccc(NC2OC(CO)C(OC3OC(CO)C(O)C(O)C3O)C(O)C2O)cc1. The molecule has 2 fully saturated rings. The first-order valence-electron chi connectivity index (χ1n) is 9.79. The van der Waals surface area contributed by atoms with Gasteiger partial charge in [-0.2, -0.15) is 0 Å². The Morgan fingerprint density at radius 3 is 2.03 bits per heavy atom. The second-order valence-electron chi connectivity index (χ2n) is 7.43. The Labute approximate surface area is 178 Å². The maximum atomic E-state index is 10.6. The van der Waals surface area contributed by atoms with E-state index in [0.29, 0.717) is 11.4 Å². The molecule has 0 spiro atoms. The van der Waals surface area contributed by atoms with E-state index in [-0.39, 0.29) is 0 Å². The van der Waals surface area contributed by atoms with Crippen molar-refractivity contribution in [3.05, 3.63) is 24.3 Å². The van der Waals surface area contributed by atoms with E-state index in [9.17, 15) is 35.7 Å². The predicted molar refractivity (Wildman–Crippen MR) is 103 cm³/mol. The Morgan fingerprint density at radius 2 is 1.45 bits per heavy atom. The Kier molecular flexibility index (Phi) is 8.04. The average molecular weight is 447 g/mol. The lowest BCUT2D eigenvalue weighted by Gasteiger charge is -2.46. The molecule has 0 amide bonds. The molecule has 8 N–H and O–H groups in total. The van der Waals surface area contributed by atoms with Gasteiger partial charge in [0.2, 0.25) is 0 Å². The minimum Gasteiger partial charge on any atom is -0.497 e. The summed E-state index contributed by atoms with van der Waals surface area (Å²) >= 11 is 0. The molecule has 1 aromatic carbocycles. The van der Waals surface area contributed by atoms with Crippen LogP contribution in [0, 0.1) is 0 Å². The number of aliphatic hydroxyl groups is 7. The summed E-state index contributed by atoms with van der Waals surface area (Å²) in [5.74, 6) is 0.622. The first-order chi connectivity index (χ1) is 14.8. The largest absolute Gasteiger partial charge is 0.497 e. The van der Waals surface area contributed by atoms with Crippen molar-refractivity contribution in [2.45, 2.75) is 61.3 Å². The summed E-state index contributed by atoms with van der Waals surface area (Å²) < 4.78 is 21.5. The quantitative estimate of drug-likeness (QED) is 0.208. The van der Waals surface area contributed by atoms with Gasteiger partial charge < -0.3 is 60.0 Å². The molecule has 176 valence electrons. The molecule has 0 radical (unpaired) electrons. The maximum Gasteiger partial charge on any atom is 0.187 e. The summed E-state index contributed by atoms with van der Waals surface area (Å²) in [7, 11) is 1.52. The molecule has 12 nitrogen and oxygen atoms in total. The van der Waals surface area contributed by atoms with Crippen LogP contribution in [0.5, 0.6) is 5.75 Å². The van der Waals surface area contributed by atoms with Gasteiger partial charge >= 0.3 is 0 Å². The van der Waals surface area contributed by atoms with Gasteiger partial charge in [0, 0.05) is 5.69 Å². The number of benzene rings is 1. The van der Waals surface area contributed by atoms with E-state index >= 15 is 0 Å². The second-order valence-corrected chi connectivity index (χ2v) is 7.43. The molecule has 0 aromatic heterocycles. The lowest BCUT2D eigenvalue weighted by Crippen LogP contribution is -2.65. The Morgan fingerprint density at radius 1 is 0.806 bits per heavy atom. The number of anilines is 1.